The minimum atomic E-state index is -4.76. The van der Waals surface area contributed by atoms with Gasteiger partial charge in [0.05, 0.1) is 12.5 Å². The van der Waals surface area contributed by atoms with Crippen LogP contribution in [0.3, 0.4) is 0 Å². The van der Waals surface area contributed by atoms with Crippen molar-refractivity contribution in [3.8, 4) is 5.75 Å². The number of ether oxygens (including phenoxy) is 1. The largest absolute Gasteiger partial charge is 0.573 e. The summed E-state index contributed by atoms with van der Waals surface area (Å²) in [6.07, 6.45) is -1.71. The van der Waals surface area contributed by atoms with Crippen molar-refractivity contribution < 1.29 is 22.7 Å². The third-order valence-corrected chi connectivity index (χ3v) is 8.13. The van der Waals surface area contributed by atoms with Gasteiger partial charge in [0.25, 0.3) is 0 Å². The number of likely N-dealkylation sites (N-methyl/N-ethyl adjacent to an activating group) is 1. The van der Waals surface area contributed by atoms with Gasteiger partial charge in [0, 0.05) is 37.4 Å². The second-order valence-corrected chi connectivity index (χ2v) is 11.1. The first-order valence-corrected chi connectivity index (χ1v) is 13.9. The number of amides is 1. The number of pyridine rings is 1. The Bertz CT molecular complexity index is 1520. The molecule has 11 heteroatoms. The lowest BCUT2D eigenvalue weighted by Crippen LogP contribution is -2.31. The third-order valence-electron chi connectivity index (χ3n) is 8.13. The fourth-order valence-electron chi connectivity index (χ4n) is 5.65. The number of halogens is 3. The molecule has 8 nitrogen and oxygen atoms in total. The summed E-state index contributed by atoms with van der Waals surface area (Å²) in [5.41, 5.74) is 10.1. The van der Waals surface area contributed by atoms with Gasteiger partial charge in [0.2, 0.25) is 5.91 Å². The number of primary amides is 1. The van der Waals surface area contributed by atoms with Crippen molar-refractivity contribution in [1.29, 1.82) is 0 Å². The van der Waals surface area contributed by atoms with Crippen molar-refractivity contribution in [2.75, 3.05) is 32.1 Å². The zero-order valence-corrected chi connectivity index (χ0v) is 23.9. The lowest BCUT2D eigenvalue weighted by atomic mass is 9.84. The average molecular weight is 581 g/mol. The number of benzene rings is 2. The van der Waals surface area contributed by atoms with Crippen molar-refractivity contribution in [3.63, 3.8) is 0 Å². The van der Waals surface area contributed by atoms with Crippen molar-refractivity contribution in [3.05, 3.63) is 83.8 Å². The van der Waals surface area contributed by atoms with Gasteiger partial charge in [0.15, 0.2) is 5.65 Å². The Morgan fingerprint density at radius 3 is 2.45 bits per heavy atom. The van der Waals surface area contributed by atoms with E-state index in [0.717, 1.165) is 36.3 Å². The van der Waals surface area contributed by atoms with Gasteiger partial charge in [-0.05, 0) is 74.0 Å². The standard InChI is InChI=1S/C31H35F3N6O2/c1-20(22-8-10-23(11-9-22)39-16-14-24(19-39)38(2)3)26(29(35)41)17-28-37-27-5-4-15-36-30(27)40(28)18-21-6-12-25(13-7-21)42-31(32,33)34/h4-13,15,20,24,26H,14,16-19H2,1-3H3,(H2,35,41)/t20-,24-,26?/m1/s1. The van der Waals surface area contributed by atoms with Crippen LogP contribution in [-0.2, 0) is 17.8 Å². The SMILES string of the molecule is C[C@H](c1ccc(N2CC[C@@H](N(C)C)C2)cc1)C(Cc1nc2cccnc2n1Cc1ccc(OC(F)(F)F)cc1)C(N)=O. The summed E-state index contributed by atoms with van der Waals surface area (Å²) in [6, 6.07) is 18.2. The van der Waals surface area contributed by atoms with Crippen LogP contribution < -0.4 is 15.4 Å². The second kappa shape index (κ2) is 12.0. The number of hydrogen-bond donors (Lipinski definition) is 1. The van der Waals surface area contributed by atoms with E-state index in [1.165, 1.54) is 12.1 Å². The van der Waals surface area contributed by atoms with Crippen LogP contribution in [-0.4, -0.2) is 64.9 Å². The summed E-state index contributed by atoms with van der Waals surface area (Å²) in [4.78, 5) is 26.7. The highest BCUT2D eigenvalue weighted by Crippen LogP contribution is 2.31. The molecule has 0 saturated carbocycles. The zero-order chi connectivity index (χ0) is 30.0. The lowest BCUT2D eigenvalue weighted by Gasteiger charge is -2.24. The van der Waals surface area contributed by atoms with E-state index in [0.29, 0.717) is 29.6 Å². The molecule has 2 aromatic heterocycles. The van der Waals surface area contributed by atoms with Crippen LogP contribution in [0.5, 0.6) is 5.75 Å². The molecule has 5 rings (SSSR count). The molecule has 42 heavy (non-hydrogen) atoms. The minimum Gasteiger partial charge on any atom is -0.406 e. The maximum Gasteiger partial charge on any atom is 0.573 e. The first-order valence-electron chi connectivity index (χ1n) is 13.9. The molecule has 0 spiro atoms. The number of nitrogens with zero attached hydrogens (tertiary/aromatic N) is 5. The number of anilines is 1. The first kappa shape index (κ1) is 29.4. The number of alkyl halides is 3. The molecule has 0 bridgehead atoms. The molecule has 2 N–H and O–H groups in total. The van der Waals surface area contributed by atoms with E-state index >= 15 is 0 Å². The Kier molecular flexibility index (Phi) is 8.40. The number of fused-ring (bicyclic) bond motifs is 1. The Morgan fingerprint density at radius 1 is 1.12 bits per heavy atom. The van der Waals surface area contributed by atoms with E-state index in [2.05, 4.69) is 57.9 Å². The normalized spacial score (nSPS) is 17.1. The van der Waals surface area contributed by atoms with E-state index < -0.39 is 18.2 Å². The van der Waals surface area contributed by atoms with Crippen molar-refractivity contribution in [2.45, 2.75) is 44.6 Å². The van der Waals surface area contributed by atoms with Crippen LogP contribution in [0, 0.1) is 5.92 Å². The molecule has 3 atom stereocenters. The maximum absolute atomic E-state index is 12.8. The first-order chi connectivity index (χ1) is 20.0. The Hall–Kier alpha value is -4.12. The monoisotopic (exact) mass is 580 g/mol. The number of rotatable bonds is 10. The van der Waals surface area contributed by atoms with Crippen LogP contribution in [0.2, 0.25) is 0 Å². The molecule has 0 aliphatic carbocycles. The molecular formula is C31H35F3N6O2. The molecule has 2 aromatic carbocycles. The molecule has 1 unspecified atom stereocenters. The van der Waals surface area contributed by atoms with Crippen LogP contribution in [0.1, 0.15) is 36.2 Å². The van der Waals surface area contributed by atoms with Gasteiger partial charge < -0.3 is 24.8 Å². The summed E-state index contributed by atoms with van der Waals surface area (Å²) < 4.78 is 43.7. The molecule has 1 saturated heterocycles. The van der Waals surface area contributed by atoms with Gasteiger partial charge in [-0.2, -0.15) is 0 Å². The molecule has 1 fully saturated rings. The number of imidazole rings is 1. The molecule has 4 aromatic rings. The summed E-state index contributed by atoms with van der Waals surface area (Å²) in [5, 5.41) is 0. The number of carbonyl (C=O) groups excluding carboxylic acids is 1. The summed E-state index contributed by atoms with van der Waals surface area (Å²) in [5.74, 6) is -0.821. The number of aromatic nitrogens is 3. The topological polar surface area (TPSA) is 89.5 Å². The van der Waals surface area contributed by atoms with Crippen molar-refractivity contribution in [1.82, 2.24) is 19.4 Å². The van der Waals surface area contributed by atoms with Crippen LogP contribution >= 0.6 is 0 Å². The highest BCUT2D eigenvalue weighted by Gasteiger charge is 2.31. The van der Waals surface area contributed by atoms with Gasteiger partial charge in [-0.1, -0.05) is 31.2 Å². The van der Waals surface area contributed by atoms with E-state index in [1.54, 1.807) is 24.4 Å². The maximum atomic E-state index is 12.8. The van der Waals surface area contributed by atoms with Gasteiger partial charge >= 0.3 is 6.36 Å². The summed E-state index contributed by atoms with van der Waals surface area (Å²) in [7, 11) is 4.22. The fourth-order valence-corrected chi connectivity index (χ4v) is 5.65. The molecular weight excluding hydrogens is 545 g/mol. The summed E-state index contributed by atoms with van der Waals surface area (Å²) in [6.45, 7) is 4.28. The second-order valence-electron chi connectivity index (χ2n) is 11.1. The molecule has 222 valence electrons. The Balaban J connectivity index is 1.37. The zero-order valence-electron chi connectivity index (χ0n) is 23.9. The smallest absolute Gasteiger partial charge is 0.406 e. The van der Waals surface area contributed by atoms with E-state index in [4.69, 9.17) is 10.7 Å². The average Bonchev–Trinajstić information content (AvgIpc) is 3.57. The fraction of sp³-hybridized carbons (Fsp3) is 0.387. The predicted octanol–water partition coefficient (Wildman–Crippen LogP) is 4.97. The molecule has 3 heterocycles. The minimum absolute atomic E-state index is 0.176. The van der Waals surface area contributed by atoms with Gasteiger partial charge in [0.1, 0.15) is 17.1 Å². The van der Waals surface area contributed by atoms with Crippen molar-refractivity contribution in [2.24, 2.45) is 11.7 Å². The van der Waals surface area contributed by atoms with Crippen molar-refractivity contribution >= 4 is 22.8 Å². The van der Waals surface area contributed by atoms with Crippen LogP contribution in [0.4, 0.5) is 18.9 Å². The van der Waals surface area contributed by atoms with Crippen LogP contribution in [0.15, 0.2) is 66.9 Å². The predicted molar refractivity (Wildman–Crippen MR) is 155 cm³/mol. The third kappa shape index (κ3) is 6.67. The highest BCUT2D eigenvalue weighted by molar-refractivity contribution is 5.78. The number of nitrogens with two attached hydrogens (primary N) is 1. The Morgan fingerprint density at radius 2 is 1.83 bits per heavy atom. The number of hydrogen-bond acceptors (Lipinski definition) is 6. The van der Waals surface area contributed by atoms with Gasteiger partial charge in [-0.3, -0.25) is 4.79 Å². The molecule has 1 amide bonds. The van der Waals surface area contributed by atoms with Gasteiger partial charge in [-0.15, -0.1) is 13.2 Å². The van der Waals surface area contributed by atoms with Crippen LogP contribution in [0.25, 0.3) is 11.2 Å². The quantitative estimate of drug-likeness (QED) is 0.285. The molecule has 0 radical (unpaired) electrons. The van der Waals surface area contributed by atoms with E-state index in [9.17, 15) is 18.0 Å². The summed E-state index contributed by atoms with van der Waals surface area (Å²) >= 11 is 0. The highest BCUT2D eigenvalue weighted by atomic mass is 19.4. The lowest BCUT2D eigenvalue weighted by molar-refractivity contribution is -0.274. The molecule has 1 aliphatic heterocycles. The Labute approximate surface area is 242 Å². The van der Waals surface area contributed by atoms with E-state index in [-0.39, 0.29) is 18.1 Å². The van der Waals surface area contributed by atoms with E-state index in [1.807, 2.05) is 17.6 Å². The molecule has 1 aliphatic rings. The van der Waals surface area contributed by atoms with Gasteiger partial charge in [-0.25, -0.2) is 9.97 Å². The number of carbonyl (C=O) groups is 1.